The number of halogens is 3. The first-order chi connectivity index (χ1) is 29.9. The summed E-state index contributed by atoms with van der Waals surface area (Å²) in [7, 11) is 0. The van der Waals surface area contributed by atoms with Crippen molar-refractivity contribution in [3.8, 4) is 33.4 Å². The van der Waals surface area contributed by atoms with E-state index in [-0.39, 0.29) is 24.3 Å². The monoisotopic (exact) mass is 816 g/mol. The maximum atomic E-state index is 15.9. The highest BCUT2D eigenvalue weighted by Gasteiger charge is 2.58. The Kier molecular flexibility index (Phi) is 8.16. The highest BCUT2D eigenvalue weighted by molar-refractivity contribution is 6.27. The zero-order valence-corrected chi connectivity index (χ0v) is 33.5. The van der Waals surface area contributed by atoms with Crippen LogP contribution >= 0.6 is 0 Å². The van der Waals surface area contributed by atoms with E-state index in [9.17, 15) is 9.59 Å². The molecular weight excluding hydrogens is 782 g/mol. The lowest BCUT2D eigenvalue weighted by molar-refractivity contribution is -0.172. The maximum absolute atomic E-state index is 15.9. The number of esters is 2. The van der Waals surface area contributed by atoms with Crippen molar-refractivity contribution in [1.29, 1.82) is 0 Å². The first kappa shape index (κ1) is 37.5. The van der Waals surface area contributed by atoms with E-state index in [4.69, 9.17) is 9.47 Å². The summed E-state index contributed by atoms with van der Waals surface area (Å²) in [5.41, 5.74) is 4.10. The normalized spacial score (nSPS) is 13.4. The van der Waals surface area contributed by atoms with E-state index in [1.807, 2.05) is 121 Å². The minimum absolute atomic E-state index is 0.113. The SMILES string of the molecule is C=CC(=O)OCc1cc2ccc3ccc(-c4ccc5c(c4)C(C)(C(F)(F)F)c4cc(-c6ccc7ccc8cc(COC(=O)C=C)cc9ccc6c7c89)ccc4-5)c4ccc(c1)c2c34. The Morgan fingerprint density at radius 1 is 0.500 bits per heavy atom. The largest absolute Gasteiger partial charge is 0.458 e. The molecule has 10 aromatic rings. The molecule has 10 aromatic carbocycles. The molecule has 0 fully saturated rings. The molecule has 1 aliphatic rings. The lowest BCUT2D eigenvalue weighted by atomic mass is 9.77. The summed E-state index contributed by atoms with van der Waals surface area (Å²) in [6.07, 6.45) is -2.33. The number of carbonyl (C=O) groups excluding carboxylic acids is 2. The third-order valence-electron chi connectivity index (χ3n) is 13.0. The van der Waals surface area contributed by atoms with Crippen LogP contribution in [0.4, 0.5) is 13.2 Å². The number of alkyl halides is 3. The number of hydrogen-bond acceptors (Lipinski definition) is 4. The molecule has 62 heavy (non-hydrogen) atoms. The van der Waals surface area contributed by atoms with Crippen LogP contribution in [0.1, 0.15) is 29.2 Å². The molecule has 0 aliphatic heterocycles. The number of hydrogen-bond donors (Lipinski definition) is 0. The van der Waals surface area contributed by atoms with Crippen LogP contribution in [-0.4, -0.2) is 18.1 Å². The Morgan fingerprint density at radius 3 is 1.24 bits per heavy atom. The second kappa shape index (κ2) is 13.5. The minimum atomic E-state index is -4.61. The average Bonchev–Trinajstić information content (AvgIpc) is 3.55. The smallest absolute Gasteiger partial charge is 0.402 e. The molecule has 0 saturated carbocycles. The molecule has 0 heterocycles. The van der Waals surface area contributed by atoms with E-state index >= 15 is 13.2 Å². The highest BCUT2D eigenvalue weighted by atomic mass is 19.4. The third kappa shape index (κ3) is 5.47. The van der Waals surface area contributed by atoms with Gasteiger partial charge in [-0.3, -0.25) is 0 Å². The van der Waals surface area contributed by atoms with Crippen LogP contribution in [0.2, 0.25) is 0 Å². The van der Waals surface area contributed by atoms with Gasteiger partial charge in [-0.1, -0.05) is 110 Å². The van der Waals surface area contributed by atoms with Crippen molar-refractivity contribution in [3.63, 3.8) is 0 Å². The van der Waals surface area contributed by atoms with E-state index in [2.05, 4.69) is 13.2 Å². The van der Waals surface area contributed by atoms with Crippen LogP contribution in [-0.2, 0) is 37.7 Å². The molecule has 0 aromatic heterocycles. The average molecular weight is 817 g/mol. The van der Waals surface area contributed by atoms with Gasteiger partial charge in [0.05, 0.1) is 0 Å². The van der Waals surface area contributed by atoms with Crippen LogP contribution in [0.15, 0.2) is 159 Å². The molecule has 0 unspecified atom stereocenters. The summed E-state index contributed by atoms with van der Waals surface area (Å²) in [6, 6.07) is 43.4. The molecule has 0 N–H and O–H groups in total. The number of rotatable bonds is 8. The van der Waals surface area contributed by atoms with E-state index < -0.39 is 23.5 Å². The molecule has 0 radical (unpaired) electrons. The Morgan fingerprint density at radius 2 is 0.855 bits per heavy atom. The van der Waals surface area contributed by atoms with Crippen molar-refractivity contribution in [1.82, 2.24) is 0 Å². The second-order valence-electron chi connectivity index (χ2n) is 16.4. The van der Waals surface area contributed by atoms with Crippen LogP contribution in [0.25, 0.3) is 98.0 Å². The lowest BCUT2D eigenvalue weighted by Gasteiger charge is -2.30. The Bertz CT molecular complexity index is 3300. The Balaban J connectivity index is 1.02. The van der Waals surface area contributed by atoms with Gasteiger partial charge >= 0.3 is 18.1 Å². The molecule has 0 saturated heterocycles. The maximum Gasteiger partial charge on any atom is 0.402 e. The predicted octanol–water partition coefficient (Wildman–Crippen LogP) is 14.1. The molecule has 1 aliphatic carbocycles. The van der Waals surface area contributed by atoms with Crippen molar-refractivity contribution >= 4 is 76.6 Å². The first-order valence-corrected chi connectivity index (χ1v) is 20.3. The zero-order valence-electron chi connectivity index (χ0n) is 33.5. The van der Waals surface area contributed by atoms with E-state index in [0.29, 0.717) is 22.3 Å². The summed E-state index contributed by atoms with van der Waals surface area (Å²) in [6.45, 7) is 8.49. The van der Waals surface area contributed by atoms with Gasteiger partial charge in [-0.15, -0.1) is 0 Å². The Hall–Kier alpha value is -7.51. The quantitative estimate of drug-likeness (QED) is 0.0871. The molecule has 0 atom stereocenters. The molecule has 4 nitrogen and oxygen atoms in total. The van der Waals surface area contributed by atoms with Crippen LogP contribution in [0.5, 0.6) is 0 Å². The van der Waals surface area contributed by atoms with Crippen molar-refractivity contribution in [2.45, 2.75) is 31.7 Å². The molecule has 11 rings (SSSR count). The zero-order chi connectivity index (χ0) is 42.7. The topological polar surface area (TPSA) is 52.6 Å². The van der Waals surface area contributed by atoms with Gasteiger partial charge in [0.25, 0.3) is 0 Å². The van der Waals surface area contributed by atoms with Gasteiger partial charge in [-0.25, -0.2) is 9.59 Å². The van der Waals surface area contributed by atoms with E-state index in [1.54, 1.807) is 12.1 Å². The minimum Gasteiger partial charge on any atom is -0.458 e. The van der Waals surface area contributed by atoms with Crippen LogP contribution < -0.4 is 0 Å². The van der Waals surface area contributed by atoms with Gasteiger partial charge in [-0.05, 0) is 164 Å². The van der Waals surface area contributed by atoms with Gasteiger partial charge in [0, 0.05) is 12.2 Å². The molecule has 7 heteroatoms. The van der Waals surface area contributed by atoms with Crippen LogP contribution in [0.3, 0.4) is 0 Å². The fourth-order valence-electron chi connectivity index (χ4n) is 10.0. The van der Waals surface area contributed by atoms with E-state index in [0.717, 1.165) is 99.0 Å². The molecule has 0 amide bonds. The summed E-state index contributed by atoms with van der Waals surface area (Å²) < 4.78 is 58.2. The lowest BCUT2D eigenvalue weighted by Crippen LogP contribution is -2.38. The fourth-order valence-corrected chi connectivity index (χ4v) is 10.0. The second-order valence-corrected chi connectivity index (χ2v) is 16.4. The molecule has 300 valence electrons. The number of benzene rings is 10. The predicted molar refractivity (Wildman–Crippen MR) is 243 cm³/mol. The van der Waals surface area contributed by atoms with Crippen molar-refractivity contribution in [2.24, 2.45) is 0 Å². The number of fused-ring (bicyclic) bond motifs is 3. The van der Waals surface area contributed by atoms with Gasteiger partial charge < -0.3 is 9.47 Å². The first-order valence-electron chi connectivity index (χ1n) is 20.3. The van der Waals surface area contributed by atoms with E-state index in [1.165, 1.54) is 6.92 Å². The van der Waals surface area contributed by atoms with Crippen molar-refractivity contribution in [2.75, 3.05) is 0 Å². The molecular formula is C55H35F3O4. The van der Waals surface area contributed by atoms with Crippen LogP contribution in [0, 0.1) is 0 Å². The van der Waals surface area contributed by atoms with Crippen molar-refractivity contribution < 1.29 is 32.2 Å². The number of carbonyl (C=O) groups is 2. The molecule has 0 spiro atoms. The van der Waals surface area contributed by atoms with Gasteiger partial charge in [0.2, 0.25) is 0 Å². The molecule has 0 bridgehead atoms. The van der Waals surface area contributed by atoms with Gasteiger partial charge in [0.1, 0.15) is 18.6 Å². The van der Waals surface area contributed by atoms with Crippen molar-refractivity contribution in [3.05, 3.63) is 181 Å². The fraction of sp³-hybridized carbons (Fsp3) is 0.0909. The summed E-state index contributed by atoms with van der Waals surface area (Å²) in [5.74, 6) is -0.988. The summed E-state index contributed by atoms with van der Waals surface area (Å²) >= 11 is 0. The Labute approximate surface area is 353 Å². The van der Waals surface area contributed by atoms with Gasteiger partial charge in [-0.2, -0.15) is 13.2 Å². The third-order valence-corrected chi connectivity index (χ3v) is 13.0. The highest BCUT2D eigenvalue weighted by Crippen LogP contribution is 2.58. The van der Waals surface area contributed by atoms with Gasteiger partial charge in [0.15, 0.2) is 0 Å². The standard InChI is InChI=1S/C55H35F3O4/c1-4-48(59)61-28-30-22-36-8-6-32-10-16-40(44-20-14-38(24-30)50(36)52(32)44)34-12-18-42-43-19-13-35(27-47(43)54(3,46(42)26-34)55(56,57)58)41-17-11-33-7-9-37-23-31(29-62-49(60)5-2)25-39-15-21-45(41)53(33)51(37)39/h4-27H,1-2,28-29H2,3H3. The number of ether oxygens (including phenoxy) is 2. The summed E-state index contributed by atoms with van der Waals surface area (Å²) in [5, 5.41) is 12.0. The summed E-state index contributed by atoms with van der Waals surface area (Å²) in [4.78, 5) is 23.6.